The Hall–Kier alpha value is -2.10. The number of ketones is 2. The molecule has 1 fully saturated rings. The van der Waals surface area contributed by atoms with E-state index in [0.29, 0.717) is 24.0 Å². The lowest BCUT2D eigenvalue weighted by Gasteiger charge is -2.26. The second-order valence-electron chi connectivity index (χ2n) is 5.67. The normalized spacial score (nSPS) is 16.9. The molecule has 2 rings (SSSR count). The van der Waals surface area contributed by atoms with Crippen LogP contribution in [0.2, 0.25) is 0 Å². The van der Waals surface area contributed by atoms with Crippen LogP contribution in [-0.4, -0.2) is 24.1 Å². The lowest BCUT2D eigenvalue weighted by molar-refractivity contribution is -0.133. The van der Waals surface area contributed by atoms with Gasteiger partial charge in [-0.3, -0.25) is 19.2 Å². The molecular weight excluding hydrogens is 256 g/mol. The average Bonchev–Trinajstić information content (AvgIpc) is 2.36. The predicted molar refractivity (Wildman–Crippen MR) is 74.9 cm³/mol. The highest BCUT2D eigenvalue weighted by Gasteiger charge is 2.31. The Morgan fingerprint density at radius 3 is 1.45 bits per heavy atom. The zero-order valence-corrected chi connectivity index (χ0v) is 11.7. The number of benzene rings is 1. The summed E-state index contributed by atoms with van der Waals surface area (Å²) in [5, 5.41) is 0. The fourth-order valence-electron chi connectivity index (χ4n) is 2.13. The number of carbonyl (C=O) groups is 4. The molecule has 1 aromatic rings. The van der Waals surface area contributed by atoms with Gasteiger partial charge in [0.2, 0.25) is 0 Å². The maximum absolute atomic E-state index is 10.9. The molecule has 1 aromatic carbocycles. The molecule has 0 bridgehead atoms. The molecule has 0 spiro atoms. The van der Waals surface area contributed by atoms with Crippen molar-refractivity contribution in [1.82, 2.24) is 0 Å². The fraction of sp³-hybridized carbons (Fsp3) is 0.375. The van der Waals surface area contributed by atoms with E-state index >= 15 is 0 Å². The molecule has 0 aliphatic heterocycles. The van der Waals surface area contributed by atoms with Crippen LogP contribution in [0, 0.1) is 5.41 Å². The summed E-state index contributed by atoms with van der Waals surface area (Å²) in [6, 6.07) is 6.43. The lowest BCUT2D eigenvalue weighted by Crippen LogP contribution is -2.28. The first-order valence-corrected chi connectivity index (χ1v) is 6.40. The summed E-state index contributed by atoms with van der Waals surface area (Å²) >= 11 is 0. The van der Waals surface area contributed by atoms with Gasteiger partial charge in [0.1, 0.15) is 24.1 Å². The molecule has 20 heavy (non-hydrogen) atoms. The molecule has 0 saturated heterocycles. The van der Waals surface area contributed by atoms with Crippen LogP contribution in [0.15, 0.2) is 24.3 Å². The summed E-state index contributed by atoms with van der Waals surface area (Å²) in [6.07, 6.45) is 2.80. The topological polar surface area (TPSA) is 68.3 Å². The van der Waals surface area contributed by atoms with Gasteiger partial charge in [0.05, 0.1) is 6.42 Å². The Morgan fingerprint density at radius 2 is 1.20 bits per heavy atom. The quantitative estimate of drug-likeness (QED) is 0.614. The Bertz CT molecular complexity index is 467. The summed E-state index contributed by atoms with van der Waals surface area (Å²) in [7, 11) is 0. The van der Waals surface area contributed by atoms with Crippen molar-refractivity contribution in [2.45, 2.75) is 33.1 Å². The molecule has 4 heteroatoms. The highest BCUT2D eigenvalue weighted by molar-refractivity contribution is 6.01. The largest absolute Gasteiger partial charge is 0.299 e. The molecule has 4 nitrogen and oxygen atoms in total. The van der Waals surface area contributed by atoms with Gasteiger partial charge in [-0.2, -0.15) is 0 Å². The zero-order valence-electron chi connectivity index (χ0n) is 11.7. The highest BCUT2D eigenvalue weighted by atomic mass is 16.1. The van der Waals surface area contributed by atoms with Crippen LogP contribution in [0.5, 0.6) is 0 Å². The van der Waals surface area contributed by atoms with Gasteiger partial charge in [0, 0.05) is 24.0 Å². The van der Waals surface area contributed by atoms with Gasteiger partial charge in [-0.25, -0.2) is 0 Å². The number of Topliss-reactive ketones (excluding diaryl/α,β-unsaturated/α-hetero) is 2. The molecule has 1 aliphatic carbocycles. The molecule has 1 aliphatic rings. The van der Waals surface area contributed by atoms with Crippen molar-refractivity contribution in [3.8, 4) is 0 Å². The average molecular weight is 274 g/mol. The van der Waals surface area contributed by atoms with Crippen molar-refractivity contribution in [1.29, 1.82) is 0 Å². The molecule has 1 saturated carbocycles. The van der Waals surface area contributed by atoms with E-state index in [4.69, 9.17) is 0 Å². The van der Waals surface area contributed by atoms with Crippen LogP contribution in [0.25, 0.3) is 0 Å². The molecule has 106 valence electrons. The summed E-state index contributed by atoms with van der Waals surface area (Å²) in [5.41, 5.74) is 1.10. The van der Waals surface area contributed by atoms with Gasteiger partial charge in [-0.05, 0) is 5.41 Å². The van der Waals surface area contributed by atoms with Crippen molar-refractivity contribution in [3.63, 3.8) is 0 Å². The van der Waals surface area contributed by atoms with E-state index in [1.807, 2.05) is 13.8 Å². The Kier molecular flexibility index (Phi) is 5.50. The summed E-state index contributed by atoms with van der Waals surface area (Å²) in [5.74, 6) is 0.197. The maximum atomic E-state index is 10.9. The van der Waals surface area contributed by atoms with Crippen LogP contribution in [0.1, 0.15) is 53.8 Å². The summed E-state index contributed by atoms with van der Waals surface area (Å²) in [4.78, 5) is 42.0. The fourth-order valence-corrected chi connectivity index (χ4v) is 2.13. The Morgan fingerprint density at radius 1 is 0.850 bits per heavy atom. The van der Waals surface area contributed by atoms with E-state index in [2.05, 4.69) is 0 Å². The zero-order chi connectivity index (χ0) is 15.2. The third-order valence-electron chi connectivity index (χ3n) is 2.95. The van der Waals surface area contributed by atoms with E-state index < -0.39 is 0 Å². The summed E-state index contributed by atoms with van der Waals surface area (Å²) in [6.45, 7) is 3.92. The van der Waals surface area contributed by atoms with E-state index in [1.54, 1.807) is 24.3 Å². The van der Waals surface area contributed by atoms with Crippen LogP contribution in [-0.2, 0) is 9.59 Å². The first kappa shape index (κ1) is 16.0. The molecule has 0 unspecified atom stereocenters. The molecular formula is C16H18O4. The standard InChI is InChI=1S/C8H12O2.C8H6O2/c1-8(2)4-6(9)3-7(10)5-8;9-5-7-1-2-8(6-10)4-3-7/h3-5H2,1-2H3;1-6H. The minimum Gasteiger partial charge on any atom is -0.299 e. The van der Waals surface area contributed by atoms with Gasteiger partial charge in [-0.15, -0.1) is 0 Å². The van der Waals surface area contributed by atoms with Gasteiger partial charge >= 0.3 is 0 Å². The lowest BCUT2D eigenvalue weighted by atomic mass is 9.76. The minimum atomic E-state index is -0.0770. The van der Waals surface area contributed by atoms with Crippen molar-refractivity contribution in [3.05, 3.63) is 35.4 Å². The molecule has 0 radical (unpaired) electrons. The SMILES string of the molecule is CC1(C)CC(=O)CC(=O)C1.O=Cc1ccc(C=O)cc1. The van der Waals surface area contributed by atoms with E-state index in [-0.39, 0.29) is 23.4 Å². The monoisotopic (exact) mass is 274 g/mol. The molecule has 0 N–H and O–H groups in total. The number of rotatable bonds is 2. The van der Waals surface area contributed by atoms with Crippen molar-refractivity contribution >= 4 is 24.1 Å². The second kappa shape index (κ2) is 6.89. The Balaban J connectivity index is 0.000000200. The van der Waals surface area contributed by atoms with Crippen molar-refractivity contribution < 1.29 is 19.2 Å². The van der Waals surface area contributed by atoms with Crippen LogP contribution < -0.4 is 0 Å². The summed E-state index contributed by atoms with van der Waals surface area (Å²) < 4.78 is 0. The second-order valence-corrected chi connectivity index (χ2v) is 5.67. The van der Waals surface area contributed by atoms with Crippen LogP contribution in [0.3, 0.4) is 0 Å². The number of aldehydes is 2. The predicted octanol–water partition coefficient (Wildman–Crippen LogP) is 2.65. The smallest absolute Gasteiger partial charge is 0.150 e. The van der Waals surface area contributed by atoms with Gasteiger partial charge < -0.3 is 0 Å². The number of hydrogen-bond acceptors (Lipinski definition) is 4. The van der Waals surface area contributed by atoms with Gasteiger partial charge in [0.15, 0.2) is 0 Å². The molecule has 0 atom stereocenters. The first-order chi connectivity index (χ1) is 9.36. The minimum absolute atomic E-state index is 0.0770. The van der Waals surface area contributed by atoms with E-state index in [9.17, 15) is 19.2 Å². The third-order valence-corrected chi connectivity index (χ3v) is 2.95. The van der Waals surface area contributed by atoms with Crippen LogP contribution in [0.4, 0.5) is 0 Å². The molecule has 0 amide bonds. The first-order valence-electron chi connectivity index (χ1n) is 6.40. The van der Waals surface area contributed by atoms with Gasteiger partial charge in [-0.1, -0.05) is 38.1 Å². The molecule has 0 heterocycles. The number of hydrogen-bond donors (Lipinski definition) is 0. The van der Waals surface area contributed by atoms with E-state index in [0.717, 1.165) is 12.6 Å². The highest BCUT2D eigenvalue weighted by Crippen LogP contribution is 2.30. The van der Waals surface area contributed by atoms with Crippen LogP contribution >= 0.6 is 0 Å². The maximum Gasteiger partial charge on any atom is 0.150 e. The Labute approximate surface area is 118 Å². The van der Waals surface area contributed by atoms with Gasteiger partial charge in [0.25, 0.3) is 0 Å². The third kappa shape index (κ3) is 5.26. The van der Waals surface area contributed by atoms with Crippen molar-refractivity contribution in [2.24, 2.45) is 5.41 Å². The molecule has 0 aromatic heterocycles. The van der Waals surface area contributed by atoms with E-state index in [1.165, 1.54) is 0 Å². The van der Waals surface area contributed by atoms with Crippen molar-refractivity contribution in [2.75, 3.05) is 0 Å². The number of carbonyl (C=O) groups excluding carboxylic acids is 4.